The molecule has 0 aromatic carbocycles. The monoisotopic (exact) mass is 129 g/mol. The highest BCUT2D eigenvalue weighted by molar-refractivity contribution is 5.90. The molecule has 0 aliphatic heterocycles. The Labute approximate surface area is 54.4 Å². The molecule has 0 aromatic heterocycles. The van der Waals surface area contributed by atoms with Crippen LogP contribution in [-0.2, 0) is 4.79 Å². The summed E-state index contributed by atoms with van der Waals surface area (Å²) in [4.78, 5) is 10.5. The van der Waals surface area contributed by atoms with Gasteiger partial charge in [-0.3, -0.25) is 4.79 Å². The lowest BCUT2D eigenvalue weighted by molar-refractivity contribution is -0.120. The summed E-state index contributed by atoms with van der Waals surface area (Å²) in [5.74, 6) is -0.950. The Bertz CT molecular complexity index is 129. The number of aliphatic hydroxyl groups is 1. The van der Waals surface area contributed by atoms with Gasteiger partial charge in [-0.05, 0) is 13.8 Å². The van der Waals surface area contributed by atoms with E-state index in [1.165, 1.54) is 0 Å². The highest BCUT2D eigenvalue weighted by Crippen LogP contribution is 1.83. The zero-order valence-corrected chi connectivity index (χ0v) is 5.64. The van der Waals surface area contributed by atoms with E-state index >= 15 is 0 Å². The summed E-state index contributed by atoms with van der Waals surface area (Å²) in [5, 5.41) is 10.9. The van der Waals surface area contributed by atoms with Crippen molar-refractivity contribution in [3.63, 3.8) is 0 Å². The summed E-state index contributed by atoms with van der Waals surface area (Å²) in [6.45, 7) is 6.66. The Balaban J connectivity index is 3.65. The number of aliphatic hydroxyl groups excluding tert-OH is 1. The van der Waals surface area contributed by atoms with Crippen molar-refractivity contribution in [1.29, 1.82) is 0 Å². The van der Waals surface area contributed by atoms with E-state index in [0.29, 0.717) is 0 Å². The molecule has 2 N–H and O–H groups in total. The van der Waals surface area contributed by atoms with Crippen molar-refractivity contribution in [3.05, 3.63) is 12.3 Å². The van der Waals surface area contributed by atoms with E-state index < -0.39 is 11.7 Å². The fraction of sp³-hybridized carbons (Fsp3) is 0.500. The van der Waals surface area contributed by atoms with Crippen molar-refractivity contribution < 1.29 is 9.90 Å². The number of carbonyl (C=O) groups is 1. The molecule has 3 heteroatoms. The standard InChI is InChI=1S/C6H11NO2/c1-4(2)7-6(9)5(3)8/h4,8H,3H2,1-2H3,(H,7,9). The van der Waals surface area contributed by atoms with Gasteiger partial charge in [0.15, 0.2) is 5.76 Å². The second-order valence-electron chi connectivity index (χ2n) is 2.07. The molecule has 0 radical (unpaired) electrons. The van der Waals surface area contributed by atoms with E-state index in [1.54, 1.807) is 13.8 Å². The van der Waals surface area contributed by atoms with Crippen molar-refractivity contribution in [2.24, 2.45) is 0 Å². The van der Waals surface area contributed by atoms with Crippen molar-refractivity contribution in [2.45, 2.75) is 19.9 Å². The molecule has 0 saturated carbocycles. The van der Waals surface area contributed by atoms with Gasteiger partial charge in [-0.25, -0.2) is 0 Å². The third-order valence-corrected chi connectivity index (χ3v) is 0.682. The molecular weight excluding hydrogens is 118 g/mol. The van der Waals surface area contributed by atoms with Crippen LogP contribution in [-0.4, -0.2) is 17.1 Å². The second-order valence-corrected chi connectivity index (χ2v) is 2.07. The third kappa shape index (κ3) is 3.58. The summed E-state index contributed by atoms with van der Waals surface area (Å²) >= 11 is 0. The summed E-state index contributed by atoms with van der Waals surface area (Å²) in [6.07, 6.45) is 0. The van der Waals surface area contributed by atoms with Crippen molar-refractivity contribution in [2.75, 3.05) is 0 Å². The first-order valence-electron chi connectivity index (χ1n) is 2.72. The van der Waals surface area contributed by atoms with Crippen molar-refractivity contribution in [3.8, 4) is 0 Å². The molecule has 0 fully saturated rings. The highest BCUT2D eigenvalue weighted by atomic mass is 16.3. The molecule has 0 aromatic rings. The van der Waals surface area contributed by atoms with Gasteiger partial charge in [-0.2, -0.15) is 0 Å². The van der Waals surface area contributed by atoms with E-state index in [0.717, 1.165) is 0 Å². The van der Waals surface area contributed by atoms with Gasteiger partial charge in [0.05, 0.1) is 0 Å². The van der Waals surface area contributed by atoms with Crippen LogP contribution in [0.15, 0.2) is 12.3 Å². The first-order chi connectivity index (χ1) is 4.04. The first kappa shape index (κ1) is 8.01. The van der Waals surface area contributed by atoms with Gasteiger partial charge >= 0.3 is 0 Å². The molecule has 0 aliphatic carbocycles. The predicted molar refractivity (Wildman–Crippen MR) is 35.0 cm³/mol. The van der Waals surface area contributed by atoms with Gasteiger partial charge in [-0.1, -0.05) is 6.58 Å². The molecular formula is C6H11NO2. The quantitative estimate of drug-likeness (QED) is 0.423. The van der Waals surface area contributed by atoms with Crippen LogP contribution in [0.4, 0.5) is 0 Å². The van der Waals surface area contributed by atoms with E-state index in [2.05, 4.69) is 11.9 Å². The summed E-state index contributed by atoms with van der Waals surface area (Å²) in [6, 6.07) is 0.0430. The number of amides is 1. The Morgan fingerprint density at radius 2 is 2.11 bits per heavy atom. The lowest BCUT2D eigenvalue weighted by Gasteiger charge is -2.05. The number of hydrogen-bond donors (Lipinski definition) is 2. The fourth-order valence-electron chi connectivity index (χ4n) is 0.345. The van der Waals surface area contributed by atoms with Crippen LogP contribution >= 0.6 is 0 Å². The van der Waals surface area contributed by atoms with E-state index in [9.17, 15) is 4.79 Å². The van der Waals surface area contributed by atoms with Gasteiger partial charge in [0.1, 0.15) is 0 Å². The Hall–Kier alpha value is -0.990. The average molecular weight is 129 g/mol. The van der Waals surface area contributed by atoms with Gasteiger partial charge < -0.3 is 10.4 Å². The highest BCUT2D eigenvalue weighted by Gasteiger charge is 2.03. The predicted octanol–water partition coefficient (Wildman–Crippen LogP) is 0.583. The van der Waals surface area contributed by atoms with Crippen LogP contribution in [0.1, 0.15) is 13.8 Å². The Kier molecular flexibility index (Phi) is 2.78. The summed E-state index contributed by atoms with van der Waals surface area (Å²) in [7, 11) is 0. The van der Waals surface area contributed by atoms with Crippen LogP contribution in [0, 0.1) is 0 Å². The fourth-order valence-corrected chi connectivity index (χ4v) is 0.345. The van der Waals surface area contributed by atoms with Crippen LogP contribution in [0.3, 0.4) is 0 Å². The minimum atomic E-state index is -0.509. The maximum atomic E-state index is 10.5. The number of hydrogen-bond acceptors (Lipinski definition) is 2. The lowest BCUT2D eigenvalue weighted by Crippen LogP contribution is -2.30. The number of nitrogens with one attached hydrogen (secondary N) is 1. The van der Waals surface area contributed by atoms with Crippen LogP contribution in [0.5, 0.6) is 0 Å². The van der Waals surface area contributed by atoms with E-state index in [1.807, 2.05) is 0 Å². The van der Waals surface area contributed by atoms with Gasteiger partial charge in [-0.15, -0.1) is 0 Å². The molecule has 0 spiro atoms. The molecule has 52 valence electrons. The van der Waals surface area contributed by atoms with Gasteiger partial charge in [0.25, 0.3) is 5.91 Å². The molecule has 0 rings (SSSR count). The van der Waals surface area contributed by atoms with Gasteiger partial charge in [0, 0.05) is 6.04 Å². The maximum absolute atomic E-state index is 10.5. The molecule has 0 aliphatic rings. The molecule has 0 bridgehead atoms. The summed E-state index contributed by atoms with van der Waals surface area (Å²) < 4.78 is 0. The van der Waals surface area contributed by atoms with Crippen LogP contribution in [0.2, 0.25) is 0 Å². The summed E-state index contributed by atoms with van der Waals surface area (Å²) in [5.41, 5.74) is 0. The zero-order chi connectivity index (χ0) is 7.44. The minimum Gasteiger partial charge on any atom is -0.503 e. The second kappa shape index (κ2) is 3.12. The first-order valence-corrected chi connectivity index (χ1v) is 2.72. The SMILES string of the molecule is C=C(O)C(=O)NC(C)C. The van der Waals surface area contributed by atoms with Crippen LogP contribution < -0.4 is 5.32 Å². The molecule has 3 nitrogen and oxygen atoms in total. The third-order valence-electron chi connectivity index (χ3n) is 0.682. The molecule has 0 unspecified atom stereocenters. The molecule has 1 amide bonds. The zero-order valence-electron chi connectivity index (χ0n) is 5.64. The lowest BCUT2D eigenvalue weighted by atomic mass is 10.4. The smallest absolute Gasteiger partial charge is 0.285 e. The topological polar surface area (TPSA) is 49.3 Å². The Morgan fingerprint density at radius 1 is 1.67 bits per heavy atom. The van der Waals surface area contributed by atoms with E-state index in [-0.39, 0.29) is 6.04 Å². The maximum Gasteiger partial charge on any atom is 0.285 e. The van der Waals surface area contributed by atoms with Crippen molar-refractivity contribution >= 4 is 5.91 Å². The van der Waals surface area contributed by atoms with Crippen molar-refractivity contribution in [1.82, 2.24) is 5.32 Å². The molecule has 0 heterocycles. The molecule has 9 heavy (non-hydrogen) atoms. The average Bonchev–Trinajstić information content (AvgIpc) is 1.63. The molecule has 0 saturated heterocycles. The Morgan fingerprint density at radius 3 is 2.22 bits per heavy atom. The van der Waals surface area contributed by atoms with Crippen LogP contribution in [0.25, 0.3) is 0 Å². The number of rotatable bonds is 2. The minimum absolute atomic E-state index is 0.0430. The number of carbonyl (C=O) groups excluding carboxylic acids is 1. The largest absolute Gasteiger partial charge is 0.503 e. The molecule has 0 atom stereocenters. The van der Waals surface area contributed by atoms with Gasteiger partial charge in [0.2, 0.25) is 0 Å². The normalized spacial score (nSPS) is 9.22. The van der Waals surface area contributed by atoms with E-state index in [4.69, 9.17) is 5.11 Å².